The molecule has 0 aliphatic carbocycles. The van der Waals surface area contributed by atoms with Crippen molar-refractivity contribution >= 4 is 17.6 Å². The SMILES string of the molecule is COC(=O)COc1ccc(NC(=O)C(C)CCCN)cc1. The van der Waals surface area contributed by atoms with Crippen molar-refractivity contribution in [3.05, 3.63) is 24.3 Å². The fourth-order valence-electron chi connectivity index (χ4n) is 1.66. The zero-order valence-corrected chi connectivity index (χ0v) is 12.4. The highest BCUT2D eigenvalue weighted by Gasteiger charge is 2.12. The molecule has 0 fully saturated rings. The van der Waals surface area contributed by atoms with Crippen LogP contribution in [0.5, 0.6) is 5.75 Å². The van der Waals surface area contributed by atoms with Crippen LogP contribution in [0.25, 0.3) is 0 Å². The predicted molar refractivity (Wildman–Crippen MR) is 80.0 cm³/mol. The van der Waals surface area contributed by atoms with Gasteiger partial charge in [-0.3, -0.25) is 4.79 Å². The number of nitrogens with one attached hydrogen (secondary N) is 1. The molecule has 1 atom stereocenters. The van der Waals surface area contributed by atoms with Crippen LogP contribution >= 0.6 is 0 Å². The van der Waals surface area contributed by atoms with E-state index in [1.54, 1.807) is 24.3 Å². The molecule has 6 heteroatoms. The first-order valence-electron chi connectivity index (χ1n) is 6.87. The normalized spacial score (nSPS) is 11.6. The molecule has 0 saturated carbocycles. The van der Waals surface area contributed by atoms with Gasteiger partial charge in [0.15, 0.2) is 6.61 Å². The second-order valence-electron chi connectivity index (χ2n) is 4.71. The smallest absolute Gasteiger partial charge is 0.343 e. The van der Waals surface area contributed by atoms with Crippen molar-refractivity contribution in [1.29, 1.82) is 0 Å². The highest BCUT2D eigenvalue weighted by Crippen LogP contribution is 2.17. The molecule has 1 rings (SSSR count). The summed E-state index contributed by atoms with van der Waals surface area (Å²) in [6.45, 7) is 2.32. The largest absolute Gasteiger partial charge is 0.482 e. The monoisotopic (exact) mass is 294 g/mol. The molecule has 1 unspecified atom stereocenters. The number of carbonyl (C=O) groups is 2. The van der Waals surface area contributed by atoms with Gasteiger partial charge in [-0.25, -0.2) is 4.79 Å². The van der Waals surface area contributed by atoms with Gasteiger partial charge in [-0.15, -0.1) is 0 Å². The third-order valence-electron chi connectivity index (χ3n) is 3.00. The number of methoxy groups -OCH3 is 1. The maximum Gasteiger partial charge on any atom is 0.343 e. The summed E-state index contributed by atoms with van der Waals surface area (Å²) < 4.78 is 9.70. The van der Waals surface area contributed by atoms with E-state index in [2.05, 4.69) is 10.1 Å². The topological polar surface area (TPSA) is 90.6 Å². The van der Waals surface area contributed by atoms with Crippen LogP contribution in [0.1, 0.15) is 19.8 Å². The molecule has 0 heterocycles. The Kier molecular flexibility index (Phi) is 7.25. The van der Waals surface area contributed by atoms with E-state index in [0.717, 1.165) is 12.8 Å². The predicted octanol–water partition coefficient (Wildman–Crippen LogP) is 1.55. The Balaban J connectivity index is 2.46. The van der Waals surface area contributed by atoms with E-state index in [-0.39, 0.29) is 18.4 Å². The Morgan fingerprint density at radius 2 is 1.95 bits per heavy atom. The summed E-state index contributed by atoms with van der Waals surface area (Å²) in [7, 11) is 1.30. The number of anilines is 1. The Bertz CT molecular complexity index is 459. The maximum absolute atomic E-state index is 11.9. The molecule has 0 aliphatic heterocycles. The first-order valence-corrected chi connectivity index (χ1v) is 6.87. The molecule has 116 valence electrons. The van der Waals surface area contributed by atoms with E-state index in [1.165, 1.54) is 7.11 Å². The van der Waals surface area contributed by atoms with Gasteiger partial charge in [0.25, 0.3) is 0 Å². The van der Waals surface area contributed by atoms with Gasteiger partial charge >= 0.3 is 5.97 Å². The second-order valence-corrected chi connectivity index (χ2v) is 4.71. The van der Waals surface area contributed by atoms with E-state index in [0.29, 0.717) is 18.0 Å². The average molecular weight is 294 g/mol. The van der Waals surface area contributed by atoms with Gasteiger partial charge in [-0.2, -0.15) is 0 Å². The minimum atomic E-state index is -0.443. The summed E-state index contributed by atoms with van der Waals surface area (Å²) >= 11 is 0. The maximum atomic E-state index is 11.9. The van der Waals surface area contributed by atoms with Gasteiger partial charge < -0.3 is 20.5 Å². The number of hydrogen-bond donors (Lipinski definition) is 2. The molecule has 0 aromatic heterocycles. The number of benzene rings is 1. The molecule has 1 aromatic rings. The van der Waals surface area contributed by atoms with Crippen LogP contribution in [0.3, 0.4) is 0 Å². The number of ether oxygens (including phenoxy) is 2. The molecule has 6 nitrogen and oxygen atoms in total. The first-order chi connectivity index (χ1) is 10.1. The van der Waals surface area contributed by atoms with Gasteiger partial charge in [-0.1, -0.05) is 6.92 Å². The molecule has 0 bridgehead atoms. The molecule has 21 heavy (non-hydrogen) atoms. The van der Waals surface area contributed by atoms with Gasteiger partial charge in [-0.05, 0) is 43.7 Å². The molecular formula is C15H22N2O4. The van der Waals surface area contributed by atoms with E-state index in [4.69, 9.17) is 10.5 Å². The van der Waals surface area contributed by atoms with Gasteiger partial charge in [0.2, 0.25) is 5.91 Å². The molecule has 0 aliphatic rings. The Morgan fingerprint density at radius 3 is 2.52 bits per heavy atom. The lowest BCUT2D eigenvalue weighted by Gasteiger charge is -2.12. The van der Waals surface area contributed by atoms with Crippen molar-refractivity contribution in [3.63, 3.8) is 0 Å². The van der Waals surface area contributed by atoms with Gasteiger partial charge in [0.1, 0.15) is 5.75 Å². The van der Waals surface area contributed by atoms with Gasteiger partial charge in [0.05, 0.1) is 7.11 Å². The molecule has 1 amide bonds. The third-order valence-corrected chi connectivity index (χ3v) is 3.00. The first kappa shape index (κ1) is 17.0. The molecule has 1 aromatic carbocycles. The Labute approximate surface area is 124 Å². The number of nitrogens with two attached hydrogens (primary N) is 1. The number of carbonyl (C=O) groups excluding carboxylic acids is 2. The van der Waals surface area contributed by atoms with Crippen LogP contribution in [0.15, 0.2) is 24.3 Å². The molecular weight excluding hydrogens is 272 g/mol. The summed E-state index contributed by atoms with van der Waals surface area (Å²) in [5.74, 6) is -0.0221. The quantitative estimate of drug-likeness (QED) is 0.710. The summed E-state index contributed by atoms with van der Waals surface area (Å²) in [4.78, 5) is 22.9. The lowest BCUT2D eigenvalue weighted by Crippen LogP contribution is -2.21. The molecule has 0 saturated heterocycles. The van der Waals surface area contributed by atoms with Crippen LogP contribution < -0.4 is 15.8 Å². The van der Waals surface area contributed by atoms with Gasteiger partial charge in [0, 0.05) is 11.6 Å². The van der Waals surface area contributed by atoms with Crippen LogP contribution in [-0.4, -0.2) is 32.1 Å². The van der Waals surface area contributed by atoms with Crippen LogP contribution in [-0.2, 0) is 14.3 Å². The van der Waals surface area contributed by atoms with Crippen molar-refractivity contribution in [2.24, 2.45) is 11.7 Å². The lowest BCUT2D eigenvalue weighted by molar-refractivity contribution is -0.142. The van der Waals surface area contributed by atoms with E-state index in [9.17, 15) is 9.59 Å². The highest BCUT2D eigenvalue weighted by atomic mass is 16.6. The van der Waals surface area contributed by atoms with Crippen LogP contribution in [0.4, 0.5) is 5.69 Å². The number of rotatable bonds is 8. The van der Waals surface area contributed by atoms with E-state index in [1.807, 2.05) is 6.92 Å². The minimum Gasteiger partial charge on any atom is -0.482 e. The molecule has 0 spiro atoms. The Hall–Kier alpha value is -2.08. The van der Waals surface area contributed by atoms with Crippen LogP contribution in [0, 0.1) is 5.92 Å². The van der Waals surface area contributed by atoms with Crippen molar-refractivity contribution in [2.75, 3.05) is 25.6 Å². The summed E-state index contributed by atoms with van der Waals surface area (Å²) in [6, 6.07) is 6.81. The van der Waals surface area contributed by atoms with Crippen molar-refractivity contribution in [1.82, 2.24) is 0 Å². The van der Waals surface area contributed by atoms with Crippen LogP contribution in [0.2, 0.25) is 0 Å². The van der Waals surface area contributed by atoms with Crippen molar-refractivity contribution in [3.8, 4) is 5.75 Å². The molecule has 0 radical (unpaired) electrons. The lowest BCUT2D eigenvalue weighted by atomic mass is 10.0. The van der Waals surface area contributed by atoms with Crippen molar-refractivity contribution in [2.45, 2.75) is 19.8 Å². The minimum absolute atomic E-state index is 0.0355. The summed E-state index contributed by atoms with van der Waals surface area (Å²) in [6.07, 6.45) is 1.59. The zero-order chi connectivity index (χ0) is 15.7. The average Bonchev–Trinajstić information content (AvgIpc) is 2.51. The summed E-state index contributed by atoms with van der Waals surface area (Å²) in [5, 5.41) is 2.83. The number of amides is 1. The summed E-state index contributed by atoms with van der Waals surface area (Å²) in [5.41, 5.74) is 6.11. The standard InChI is InChI=1S/C15H22N2O4/c1-11(4-3-9-16)15(19)17-12-5-7-13(8-6-12)21-10-14(18)20-2/h5-8,11H,3-4,9-10,16H2,1-2H3,(H,17,19). The highest BCUT2D eigenvalue weighted by molar-refractivity contribution is 5.92. The van der Waals surface area contributed by atoms with E-state index >= 15 is 0 Å². The zero-order valence-electron chi connectivity index (χ0n) is 12.4. The number of hydrogen-bond acceptors (Lipinski definition) is 5. The Morgan fingerprint density at radius 1 is 1.29 bits per heavy atom. The fraction of sp³-hybridized carbons (Fsp3) is 0.467. The number of esters is 1. The third kappa shape index (κ3) is 6.27. The molecule has 3 N–H and O–H groups in total. The fourth-order valence-corrected chi connectivity index (χ4v) is 1.66. The second kappa shape index (κ2) is 8.97. The van der Waals surface area contributed by atoms with Crippen molar-refractivity contribution < 1.29 is 19.1 Å². The van der Waals surface area contributed by atoms with E-state index < -0.39 is 5.97 Å².